The second kappa shape index (κ2) is 10.8. The minimum atomic E-state index is -4.77. The summed E-state index contributed by atoms with van der Waals surface area (Å²) in [4.78, 5) is 6.92. The van der Waals surface area contributed by atoms with Crippen molar-refractivity contribution >= 4 is 23.2 Å². The van der Waals surface area contributed by atoms with E-state index in [0.717, 1.165) is 12.1 Å². The molecule has 0 bridgehead atoms. The first kappa shape index (κ1) is 32.1. The maximum Gasteiger partial charge on any atom is 0.433 e. The topological polar surface area (TPSA) is 131 Å². The predicted molar refractivity (Wildman–Crippen MR) is 117 cm³/mol. The highest BCUT2D eigenvalue weighted by Crippen LogP contribution is 2.35. The SMILES string of the molecule is C[C@@H](Oc1ccc(C(F)(F)F)n2nc(N)nc12)C(F)(F)F.C[C@H](Oc1ccc(C(F)(F)F)n2nc(N)nc12)C(F)(F)F. The number of rotatable bonds is 4. The highest BCUT2D eigenvalue weighted by Gasteiger charge is 2.41. The number of aromatic nitrogens is 6. The molecular weight excluding hydrogens is 612 g/mol. The molecule has 0 radical (unpaired) electrons. The average Bonchev–Trinajstić information content (AvgIpc) is 3.39. The molecule has 2 atom stereocenters. The average molecular weight is 628 g/mol. The van der Waals surface area contributed by atoms with Gasteiger partial charge in [0, 0.05) is 0 Å². The van der Waals surface area contributed by atoms with Gasteiger partial charge >= 0.3 is 24.7 Å². The molecule has 0 aliphatic heterocycles. The van der Waals surface area contributed by atoms with Crippen LogP contribution in [-0.4, -0.2) is 53.8 Å². The lowest BCUT2D eigenvalue weighted by Crippen LogP contribution is -2.31. The summed E-state index contributed by atoms with van der Waals surface area (Å²) in [5.74, 6) is -2.04. The Morgan fingerprint density at radius 3 is 1.17 bits per heavy atom. The Labute approximate surface area is 224 Å². The Bertz CT molecular complexity index is 1440. The molecule has 10 nitrogen and oxygen atoms in total. The van der Waals surface area contributed by atoms with E-state index in [4.69, 9.17) is 11.5 Å². The first-order chi connectivity index (χ1) is 19.0. The zero-order valence-corrected chi connectivity index (χ0v) is 20.7. The van der Waals surface area contributed by atoms with Gasteiger partial charge in [0.15, 0.2) is 35.0 Å². The third-order valence-electron chi connectivity index (χ3n) is 5.04. The largest absolute Gasteiger partial charge is 0.477 e. The van der Waals surface area contributed by atoms with E-state index in [2.05, 4.69) is 29.6 Å². The highest BCUT2D eigenvalue weighted by atomic mass is 19.4. The van der Waals surface area contributed by atoms with Gasteiger partial charge in [-0.15, -0.1) is 10.2 Å². The van der Waals surface area contributed by atoms with Crippen molar-refractivity contribution in [3.63, 3.8) is 0 Å². The summed E-state index contributed by atoms with van der Waals surface area (Å²) in [6.45, 7) is 1.43. The lowest BCUT2D eigenvalue weighted by molar-refractivity contribution is -0.189. The number of nitrogens with zero attached hydrogens (tertiary/aromatic N) is 6. The van der Waals surface area contributed by atoms with Crippen molar-refractivity contribution in [1.82, 2.24) is 29.2 Å². The zero-order chi connectivity index (χ0) is 32.0. The quantitative estimate of drug-likeness (QED) is 0.291. The van der Waals surface area contributed by atoms with Crippen molar-refractivity contribution in [2.75, 3.05) is 11.5 Å². The van der Waals surface area contributed by atoms with E-state index in [1.165, 1.54) is 0 Å². The second-order valence-electron chi connectivity index (χ2n) is 8.18. The molecule has 232 valence electrons. The predicted octanol–water partition coefficient (Wildman–Crippen LogP) is 5.32. The van der Waals surface area contributed by atoms with Crippen LogP contribution in [0.1, 0.15) is 25.2 Å². The van der Waals surface area contributed by atoms with Crippen LogP contribution in [0, 0.1) is 0 Å². The van der Waals surface area contributed by atoms with Crippen LogP contribution in [-0.2, 0) is 12.4 Å². The van der Waals surface area contributed by atoms with Crippen molar-refractivity contribution < 1.29 is 62.2 Å². The minimum Gasteiger partial charge on any atom is -0.477 e. The molecule has 4 aromatic rings. The van der Waals surface area contributed by atoms with Crippen LogP contribution in [0.3, 0.4) is 0 Å². The molecule has 0 spiro atoms. The summed E-state index contributed by atoms with van der Waals surface area (Å²) in [5.41, 5.74) is 6.86. The number of hydrogen-bond acceptors (Lipinski definition) is 8. The van der Waals surface area contributed by atoms with Gasteiger partial charge in [-0.25, -0.2) is 9.03 Å². The van der Waals surface area contributed by atoms with Crippen LogP contribution >= 0.6 is 0 Å². The molecule has 22 heteroatoms. The maximum absolute atomic E-state index is 12.8. The van der Waals surface area contributed by atoms with Crippen LogP contribution in [0.5, 0.6) is 11.5 Å². The monoisotopic (exact) mass is 628 g/mol. The fourth-order valence-electron chi connectivity index (χ4n) is 3.04. The number of ether oxygens (including phenoxy) is 2. The van der Waals surface area contributed by atoms with E-state index >= 15 is 0 Å². The summed E-state index contributed by atoms with van der Waals surface area (Å²) in [6.07, 6.45) is -23.3. The normalized spacial score (nSPS) is 14.4. The Hall–Kier alpha value is -4.40. The van der Waals surface area contributed by atoms with E-state index in [-0.39, 0.29) is 0 Å². The van der Waals surface area contributed by atoms with Crippen LogP contribution in [0.15, 0.2) is 24.3 Å². The molecule has 4 aromatic heterocycles. The van der Waals surface area contributed by atoms with Gasteiger partial charge in [0.05, 0.1) is 0 Å². The summed E-state index contributed by atoms with van der Waals surface area (Å²) in [7, 11) is 0. The van der Waals surface area contributed by atoms with Crippen LogP contribution in [0.4, 0.5) is 64.6 Å². The molecule has 0 saturated carbocycles. The van der Waals surface area contributed by atoms with Crippen LogP contribution in [0.25, 0.3) is 11.3 Å². The number of alkyl halides is 12. The third kappa shape index (κ3) is 7.08. The second-order valence-corrected chi connectivity index (χ2v) is 8.18. The molecule has 4 rings (SSSR count). The van der Waals surface area contributed by atoms with Crippen molar-refractivity contribution in [1.29, 1.82) is 0 Å². The number of pyridine rings is 2. The number of anilines is 2. The van der Waals surface area contributed by atoms with Crippen molar-refractivity contribution in [3.05, 3.63) is 35.7 Å². The smallest absolute Gasteiger partial charge is 0.433 e. The van der Waals surface area contributed by atoms with Gasteiger partial charge in [-0.3, -0.25) is 0 Å². The lowest BCUT2D eigenvalue weighted by atomic mass is 10.3. The Morgan fingerprint density at radius 2 is 0.905 bits per heavy atom. The van der Waals surface area contributed by atoms with Crippen molar-refractivity contribution in [2.45, 2.75) is 50.8 Å². The molecule has 4 N–H and O–H groups in total. The molecular formula is C20H16F12N8O2. The summed E-state index contributed by atoms with van der Waals surface area (Å²) < 4.78 is 161. The molecule has 0 saturated heterocycles. The van der Waals surface area contributed by atoms with E-state index < -0.39 is 83.0 Å². The number of halogens is 12. The van der Waals surface area contributed by atoms with Gasteiger partial charge in [0.25, 0.3) is 0 Å². The van der Waals surface area contributed by atoms with E-state index in [1.807, 2.05) is 0 Å². The summed E-state index contributed by atoms with van der Waals surface area (Å²) >= 11 is 0. The van der Waals surface area contributed by atoms with Gasteiger partial charge in [-0.1, -0.05) is 0 Å². The third-order valence-corrected chi connectivity index (χ3v) is 5.04. The highest BCUT2D eigenvalue weighted by molar-refractivity contribution is 5.57. The Morgan fingerprint density at radius 1 is 0.595 bits per heavy atom. The zero-order valence-electron chi connectivity index (χ0n) is 20.7. The van der Waals surface area contributed by atoms with Gasteiger partial charge < -0.3 is 20.9 Å². The lowest BCUT2D eigenvalue weighted by Gasteiger charge is -2.18. The number of nitrogen functional groups attached to an aromatic ring is 2. The first-order valence-electron chi connectivity index (χ1n) is 10.9. The molecule has 0 unspecified atom stereocenters. The number of hydrogen-bond donors (Lipinski definition) is 2. The summed E-state index contributed by atoms with van der Waals surface area (Å²) in [5, 5.41) is 6.62. The molecule has 0 aliphatic carbocycles. The number of nitrogens with two attached hydrogens (primary N) is 2. The van der Waals surface area contributed by atoms with E-state index in [9.17, 15) is 52.7 Å². The first-order valence-corrected chi connectivity index (χ1v) is 10.9. The molecule has 0 amide bonds. The number of fused-ring (bicyclic) bond motifs is 2. The van der Waals surface area contributed by atoms with Crippen molar-refractivity contribution in [2.24, 2.45) is 0 Å². The van der Waals surface area contributed by atoms with Crippen molar-refractivity contribution in [3.8, 4) is 11.5 Å². The fraction of sp³-hybridized carbons (Fsp3) is 0.400. The molecule has 0 fully saturated rings. The molecule has 42 heavy (non-hydrogen) atoms. The maximum atomic E-state index is 12.8. The Balaban J connectivity index is 0.000000230. The fourth-order valence-corrected chi connectivity index (χ4v) is 3.04. The van der Waals surface area contributed by atoms with Gasteiger partial charge in [0.2, 0.25) is 11.9 Å². The van der Waals surface area contributed by atoms with Gasteiger partial charge in [-0.2, -0.15) is 62.7 Å². The molecule has 4 heterocycles. The summed E-state index contributed by atoms with van der Waals surface area (Å²) in [6, 6.07) is 2.57. The van der Waals surface area contributed by atoms with E-state index in [0.29, 0.717) is 35.0 Å². The molecule has 0 aromatic carbocycles. The van der Waals surface area contributed by atoms with Crippen LogP contribution in [0.2, 0.25) is 0 Å². The van der Waals surface area contributed by atoms with Gasteiger partial charge in [-0.05, 0) is 38.1 Å². The van der Waals surface area contributed by atoms with Gasteiger partial charge in [0.1, 0.15) is 11.4 Å². The minimum absolute atomic E-state index is 0.299. The molecule has 0 aliphatic rings. The standard InChI is InChI=1S/2C10H8F6N4O/c2*1-4(9(11,12)13)21-5-2-3-6(10(14,15)16)20-7(5)18-8(17)19-20/h2*2-4H,1H3,(H2,17,19)/t2*4-/m10/s1. The van der Waals surface area contributed by atoms with E-state index in [1.54, 1.807) is 0 Å². The Kier molecular flexibility index (Phi) is 8.24. The van der Waals surface area contributed by atoms with Crippen LogP contribution < -0.4 is 20.9 Å².